The number of carbonyl (C=O) groups excluding carboxylic acids is 1. The summed E-state index contributed by atoms with van der Waals surface area (Å²) in [5, 5.41) is 13.5. The molecule has 0 fully saturated rings. The molecule has 3 aromatic rings. The van der Waals surface area contributed by atoms with E-state index in [1.165, 1.54) is 6.33 Å². The van der Waals surface area contributed by atoms with Crippen molar-refractivity contribution in [3.63, 3.8) is 0 Å². The average molecular weight is 282 g/mol. The first-order valence-corrected chi connectivity index (χ1v) is 6.50. The number of aromatic amines is 1. The van der Waals surface area contributed by atoms with Gasteiger partial charge in [-0.25, -0.2) is 9.67 Å². The van der Waals surface area contributed by atoms with Crippen LogP contribution in [0, 0.1) is 0 Å². The van der Waals surface area contributed by atoms with Crippen molar-refractivity contribution in [1.82, 2.24) is 30.3 Å². The molecule has 2 N–H and O–H groups in total. The average Bonchev–Trinajstić information content (AvgIpc) is 3.20. The molecule has 106 valence electrons. The van der Waals surface area contributed by atoms with Crippen LogP contribution in [-0.2, 0) is 0 Å². The Hall–Kier alpha value is -2.96. The predicted octanol–water partition coefficient (Wildman–Crippen LogP) is 1.48. The molecule has 0 radical (unpaired) electrons. The van der Waals surface area contributed by atoms with Crippen LogP contribution in [0.15, 0.2) is 49.1 Å². The number of nitrogens with one attached hydrogen (secondary N) is 2. The number of aromatic nitrogens is 5. The Kier molecular flexibility index (Phi) is 3.46. The Balaban J connectivity index is 1.70. The van der Waals surface area contributed by atoms with Gasteiger partial charge in [0, 0.05) is 18.0 Å². The van der Waals surface area contributed by atoms with Gasteiger partial charge in [0.1, 0.15) is 12.2 Å². The van der Waals surface area contributed by atoms with Crippen molar-refractivity contribution in [2.24, 2.45) is 0 Å². The molecule has 7 nitrogen and oxygen atoms in total. The number of benzene rings is 1. The summed E-state index contributed by atoms with van der Waals surface area (Å²) in [7, 11) is 0. The maximum atomic E-state index is 12.2. The van der Waals surface area contributed by atoms with Crippen molar-refractivity contribution in [3.05, 3.63) is 60.4 Å². The van der Waals surface area contributed by atoms with Gasteiger partial charge in [0.2, 0.25) is 0 Å². The first-order valence-electron chi connectivity index (χ1n) is 6.50. The molecule has 1 unspecified atom stereocenters. The van der Waals surface area contributed by atoms with Crippen LogP contribution in [0.5, 0.6) is 0 Å². The first-order chi connectivity index (χ1) is 10.2. The van der Waals surface area contributed by atoms with Crippen molar-refractivity contribution >= 4 is 5.91 Å². The molecule has 0 aliphatic carbocycles. The number of amides is 1. The lowest BCUT2D eigenvalue weighted by Gasteiger charge is -2.11. The quantitative estimate of drug-likeness (QED) is 0.758. The minimum absolute atomic E-state index is 0.161. The van der Waals surface area contributed by atoms with Gasteiger partial charge in [-0.05, 0) is 37.3 Å². The molecule has 1 atom stereocenters. The monoisotopic (exact) mass is 282 g/mol. The summed E-state index contributed by atoms with van der Waals surface area (Å²) in [5.74, 6) is 0.461. The molecule has 2 heterocycles. The van der Waals surface area contributed by atoms with Gasteiger partial charge in [-0.2, -0.15) is 10.2 Å². The number of hydrogen-bond acceptors (Lipinski definition) is 4. The molecule has 0 aliphatic heterocycles. The van der Waals surface area contributed by atoms with Gasteiger partial charge in [-0.3, -0.25) is 9.89 Å². The highest BCUT2D eigenvalue weighted by Crippen LogP contribution is 2.11. The fourth-order valence-corrected chi connectivity index (χ4v) is 1.96. The summed E-state index contributed by atoms with van der Waals surface area (Å²) in [6.07, 6.45) is 4.97. The van der Waals surface area contributed by atoms with Crippen molar-refractivity contribution < 1.29 is 4.79 Å². The third-order valence-corrected chi connectivity index (χ3v) is 3.09. The van der Waals surface area contributed by atoms with Crippen LogP contribution in [0.25, 0.3) is 5.69 Å². The van der Waals surface area contributed by atoms with E-state index >= 15 is 0 Å². The molecule has 3 rings (SSSR count). The topological polar surface area (TPSA) is 88.5 Å². The second-order valence-corrected chi connectivity index (χ2v) is 4.56. The van der Waals surface area contributed by atoms with E-state index in [-0.39, 0.29) is 11.9 Å². The molecule has 0 saturated carbocycles. The number of hydrogen-bond donors (Lipinski definition) is 2. The zero-order chi connectivity index (χ0) is 14.7. The fraction of sp³-hybridized carbons (Fsp3) is 0.143. The Labute approximate surface area is 121 Å². The third-order valence-electron chi connectivity index (χ3n) is 3.09. The van der Waals surface area contributed by atoms with Crippen LogP contribution in [0.1, 0.15) is 29.1 Å². The van der Waals surface area contributed by atoms with Crippen molar-refractivity contribution in [2.75, 3.05) is 0 Å². The molecule has 7 heteroatoms. The Morgan fingerprint density at radius 2 is 2.14 bits per heavy atom. The van der Waals surface area contributed by atoms with Gasteiger partial charge >= 0.3 is 0 Å². The molecule has 0 aliphatic rings. The number of H-pyrrole nitrogens is 1. The first kappa shape index (κ1) is 13.0. The predicted molar refractivity (Wildman–Crippen MR) is 75.8 cm³/mol. The summed E-state index contributed by atoms with van der Waals surface area (Å²) in [5.41, 5.74) is 1.48. The maximum absolute atomic E-state index is 12.2. The maximum Gasteiger partial charge on any atom is 0.251 e. The van der Waals surface area contributed by atoms with Gasteiger partial charge in [-0.1, -0.05) is 0 Å². The van der Waals surface area contributed by atoms with Gasteiger partial charge in [0.25, 0.3) is 5.91 Å². The normalized spacial score (nSPS) is 12.0. The Morgan fingerprint density at radius 3 is 2.76 bits per heavy atom. The lowest BCUT2D eigenvalue weighted by Crippen LogP contribution is -2.27. The van der Waals surface area contributed by atoms with E-state index in [1.54, 1.807) is 23.0 Å². The van der Waals surface area contributed by atoms with E-state index in [0.717, 1.165) is 5.69 Å². The third kappa shape index (κ3) is 2.81. The molecule has 0 spiro atoms. The molecule has 2 aromatic heterocycles. The van der Waals surface area contributed by atoms with Gasteiger partial charge in [0.15, 0.2) is 0 Å². The SMILES string of the molecule is CC(NC(=O)c1ccc(-n2cccn2)cc1)c1ncn[nH]1. The van der Waals surface area contributed by atoms with E-state index in [4.69, 9.17) is 0 Å². The summed E-state index contributed by atoms with van der Waals surface area (Å²) in [6, 6.07) is 8.84. The second-order valence-electron chi connectivity index (χ2n) is 4.56. The highest BCUT2D eigenvalue weighted by atomic mass is 16.1. The zero-order valence-corrected chi connectivity index (χ0v) is 11.4. The minimum Gasteiger partial charge on any atom is -0.342 e. The zero-order valence-electron chi connectivity index (χ0n) is 11.4. The molecular weight excluding hydrogens is 268 g/mol. The van der Waals surface area contributed by atoms with Crippen LogP contribution in [0.2, 0.25) is 0 Å². The van der Waals surface area contributed by atoms with Crippen LogP contribution in [-0.4, -0.2) is 30.9 Å². The van der Waals surface area contributed by atoms with E-state index in [9.17, 15) is 4.79 Å². The molecule has 21 heavy (non-hydrogen) atoms. The molecule has 1 aromatic carbocycles. The van der Waals surface area contributed by atoms with Crippen LogP contribution < -0.4 is 5.32 Å². The van der Waals surface area contributed by atoms with Gasteiger partial charge < -0.3 is 5.32 Å². The second kappa shape index (κ2) is 5.58. The van der Waals surface area contributed by atoms with Crippen molar-refractivity contribution in [3.8, 4) is 5.69 Å². The van der Waals surface area contributed by atoms with Gasteiger partial charge in [-0.15, -0.1) is 0 Å². The van der Waals surface area contributed by atoms with E-state index in [2.05, 4.69) is 25.6 Å². The lowest BCUT2D eigenvalue weighted by atomic mass is 10.2. The Morgan fingerprint density at radius 1 is 1.33 bits per heavy atom. The van der Waals surface area contributed by atoms with Crippen molar-refractivity contribution in [1.29, 1.82) is 0 Å². The molecular formula is C14H14N6O. The number of carbonyl (C=O) groups is 1. The van der Waals surface area contributed by atoms with E-state index < -0.39 is 0 Å². The fourth-order valence-electron chi connectivity index (χ4n) is 1.96. The molecule has 0 saturated heterocycles. The van der Waals surface area contributed by atoms with Crippen LogP contribution in [0.3, 0.4) is 0 Å². The van der Waals surface area contributed by atoms with E-state index in [1.807, 2.05) is 31.3 Å². The summed E-state index contributed by atoms with van der Waals surface area (Å²) in [6.45, 7) is 1.84. The van der Waals surface area contributed by atoms with Crippen molar-refractivity contribution in [2.45, 2.75) is 13.0 Å². The van der Waals surface area contributed by atoms with Crippen LogP contribution >= 0.6 is 0 Å². The largest absolute Gasteiger partial charge is 0.342 e. The van der Waals surface area contributed by atoms with E-state index in [0.29, 0.717) is 11.4 Å². The highest BCUT2D eigenvalue weighted by molar-refractivity contribution is 5.94. The highest BCUT2D eigenvalue weighted by Gasteiger charge is 2.13. The Bertz CT molecular complexity index is 703. The summed E-state index contributed by atoms with van der Waals surface area (Å²) < 4.78 is 1.73. The summed E-state index contributed by atoms with van der Waals surface area (Å²) >= 11 is 0. The molecule has 0 bridgehead atoms. The standard InChI is InChI=1S/C14H14N6O/c1-10(13-15-9-16-19-13)18-14(21)11-3-5-12(6-4-11)20-8-2-7-17-20/h2-10H,1H3,(H,18,21)(H,15,16,19). The number of rotatable bonds is 4. The smallest absolute Gasteiger partial charge is 0.251 e. The van der Waals surface area contributed by atoms with Gasteiger partial charge in [0.05, 0.1) is 11.7 Å². The minimum atomic E-state index is -0.231. The summed E-state index contributed by atoms with van der Waals surface area (Å²) in [4.78, 5) is 16.2. The van der Waals surface area contributed by atoms with Crippen LogP contribution in [0.4, 0.5) is 0 Å². The number of nitrogens with zero attached hydrogens (tertiary/aromatic N) is 4. The lowest BCUT2D eigenvalue weighted by molar-refractivity contribution is 0.0938. The molecule has 1 amide bonds.